The minimum atomic E-state index is 0.183. The van der Waals surface area contributed by atoms with E-state index in [-0.39, 0.29) is 6.17 Å². The van der Waals surface area contributed by atoms with Gasteiger partial charge in [-0.3, -0.25) is 5.43 Å². The fourth-order valence-corrected chi connectivity index (χ4v) is 2.31. The Labute approximate surface area is 67.7 Å². The van der Waals surface area contributed by atoms with Gasteiger partial charge in [-0.25, -0.2) is 5.43 Å². The van der Waals surface area contributed by atoms with Crippen molar-refractivity contribution >= 4 is 0 Å². The van der Waals surface area contributed by atoms with Crippen LogP contribution >= 0.6 is 0 Å². The van der Waals surface area contributed by atoms with Crippen molar-refractivity contribution in [2.45, 2.75) is 38.4 Å². The van der Waals surface area contributed by atoms with Gasteiger partial charge in [0.2, 0.25) is 0 Å². The molecule has 2 fully saturated rings. The molecule has 2 rings (SSSR count). The van der Waals surface area contributed by atoms with Gasteiger partial charge in [0.1, 0.15) is 0 Å². The van der Waals surface area contributed by atoms with Crippen molar-refractivity contribution in [3.63, 3.8) is 0 Å². The molecular formula is C8H17N3. The summed E-state index contributed by atoms with van der Waals surface area (Å²) in [5.74, 6) is 1.53. The van der Waals surface area contributed by atoms with E-state index in [1.54, 1.807) is 0 Å². The highest BCUT2D eigenvalue weighted by molar-refractivity contribution is 4.91. The van der Waals surface area contributed by atoms with E-state index in [1.165, 1.54) is 19.3 Å². The highest BCUT2D eigenvalue weighted by Gasteiger charge is 2.37. The Hall–Kier alpha value is -0.120. The van der Waals surface area contributed by atoms with Crippen molar-refractivity contribution in [2.24, 2.45) is 17.6 Å². The highest BCUT2D eigenvalue weighted by Crippen LogP contribution is 2.31. The second-order valence-electron chi connectivity index (χ2n) is 4.00. The first-order valence-corrected chi connectivity index (χ1v) is 4.54. The van der Waals surface area contributed by atoms with Gasteiger partial charge in [-0.2, -0.15) is 0 Å². The molecule has 1 saturated heterocycles. The van der Waals surface area contributed by atoms with E-state index in [4.69, 9.17) is 5.73 Å². The second-order valence-corrected chi connectivity index (χ2v) is 4.00. The van der Waals surface area contributed by atoms with Crippen LogP contribution in [-0.2, 0) is 0 Å². The fourth-order valence-electron chi connectivity index (χ4n) is 2.31. The summed E-state index contributed by atoms with van der Waals surface area (Å²) >= 11 is 0. The molecule has 4 N–H and O–H groups in total. The van der Waals surface area contributed by atoms with Gasteiger partial charge in [-0.15, -0.1) is 0 Å². The zero-order valence-electron chi connectivity index (χ0n) is 7.01. The zero-order valence-corrected chi connectivity index (χ0v) is 7.01. The summed E-state index contributed by atoms with van der Waals surface area (Å²) in [6.45, 7) is 2.32. The van der Waals surface area contributed by atoms with Crippen LogP contribution in [0.3, 0.4) is 0 Å². The Morgan fingerprint density at radius 3 is 2.91 bits per heavy atom. The maximum absolute atomic E-state index is 5.88. The van der Waals surface area contributed by atoms with E-state index in [0.717, 1.165) is 5.92 Å². The lowest BCUT2D eigenvalue weighted by molar-refractivity contribution is 0.246. The molecule has 4 atom stereocenters. The molecule has 11 heavy (non-hydrogen) atoms. The topological polar surface area (TPSA) is 50.1 Å². The standard InChI is InChI=1S/C8H17N3/c1-5-2-3-7-6(4-5)8(9)11-10-7/h5-8,10-11H,2-4,9H2,1H3. The van der Waals surface area contributed by atoms with Crippen LogP contribution in [0.4, 0.5) is 0 Å². The van der Waals surface area contributed by atoms with Crippen molar-refractivity contribution in [1.29, 1.82) is 0 Å². The van der Waals surface area contributed by atoms with Gasteiger partial charge in [0.25, 0.3) is 0 Å². The van der Waals surface area contributed by atoms with E-state index in [9.17, 15) is 0 Å². The summed E-state index contributed by atoms with van der Waals surface area (Å²) in [6, 6.07) is 0.640. The Bertz CT molecular complexity index is 148. The van der Waals surface area contributed by atoms with Crippen molar-refractivity contribution in [3.05, 3.63) is 0 Å². The molecule has 0 aromatic heterocycles. The van der Waals surface area contributed by atoms with Crippen molar-refractivity contribution in [2.75, 3.05) is 0 Å². The lowest BCUT2D eigenvalue weighted by Gasteiger charge is -2.29. The number of hydrogen-bond acceptors (Lipinski definition) is 3. The predicted molar refractivity (Wildman–Crippen MR) is 44.5 cm³/mol. The summed E-state index contributed by atoms with van der Waals surface area (Å²) < 4.78 is 0. The summed E-state index contributed by atoms with van der Waals surface area (Å²) in [4.78, 5) is 0. The molecule has 1 saturated carbocycles. The monoisotopic (exact) mass is 155 g/mol. The molecule has 0 spiro atoms. The third kappa shape index (κ3) is 1.28. The van der Waals surface area contributed by atoms with Gasteiger partial charge < -0.3 is 5.73 Å². The maximum Gasteiger partial charge on any atom is 0.0723 e. The quantitative estimate of drug-likeness (QED) is 0.468. The van der Waals surface area contributed by atoms with Gasteiger partial charge in [0.15, 0.2) is 0 Å². The highest BCUT2D eigenvalue weighted by atomic mass is 15.5. The van der Waals surface area contributed by atoms with Crippen LogP contribution in [0.25, 0.3) is 0 Å². The van der Waals surface area contributed by atoms with Crippen LogP contribution in [0.5, 0.6) is 0 Å². The molecule has 4 unspecified atom stereocenters. The molecule has 1 aliphatic heterocycles. The summed E-state index contributed by atoms with van der Waals surface area (Å²) in [5, 5.41) is 0. The molecule has 1 aliphatic carbocycles. The third-order valence-electron chi connectivity index (χ3n) is 3.06. The van der Waals surface area contributed by atoms with E-state index < -0.39 is 0 Å². The minimum absolute atomic E-state index is 0.183. The molecular weight excluding hydrogens is 138 g/mol. The Morgan fingerprint density at radius 1 is 1.27 bits per heavy atom. The lowest BCUT2D eigenvalue weighted by atomic mass is 9.79. The van der Waals surface area contributed by atoms with Gasteiger partial charge in [-0.1, -0.05) is 6.92 Å². The molecule has 0 bridgehead atoms. The average molecular weight is 155 g/mol. The number of rotatable bonds is 0. The molecule has 3 nitrogen and oxygen atoms in total. The predicted octanol–water partition coefficient (Wildman–Crippen LogP) is 0.184. The Balaban J connectivity index is 2.01. The normalized spacial score (nSPS) is 50.7. The van der Waals surface area contributed by atoms with Crippen LogP contribution in [0.15, 0.2) is 0 Å². The minimum Gasteiger partial charge on any atom is -0.315 e. The van der Waals surface area contributed by atoms with Gasteiger partial charge >= 0.3 is 0 Å². The van der Waals surface area contributed by atoms with Crippen LogP contribution in [0.2, 0.25) is 0 Å². The van der Waals surface area contributed by atoms with Crippen molar-refractivity contribution in [3.8, 4) is 0 Å². The Morgan fingerprint density at radius 2 is 2.09 bits per heavy atom. The van der Waals surface area contributed by atoms with Gasteiger partial charge in [0.05, 0.1) is 6.17 Å². The van der Waals surface area contributed by atoms with E-state index >= 15 is 0 Å². The molecule has 1 heterocycles. The number of hydrogen-bond donors (Lipinski definition) is 3. The fraction of sp³-hybridized carbons (Fsp3) is 1.00. The summed E-state index contributed by atoms with van der Waals surface area (Å²) in [6.07, 6.45) is 4.10. The molecule has 2 aliphatic rings. The Kier molecular flexibility index (Phi) is 1.87. The largest absolute Gasteiger partial charge is 0.315 e. The molecule has 0 radical (unpaired) electrons. The van der Waals surface area contributed by atoms with E-state index in [1.807, 2.05) is 0 Å². The SMILES string of the molecule is CC1CCC2NNC(N)C2C1. The number of hydrazine groups is 1. The van der Waals surface area contributed by atoms with Crippen molar-refractivity contribution < 1.29 is 0 Å². The smallest absolute Gasteiger partial charge is 0.0723 e. The number of fused-ring (bicyclic) bond motifs is 1. The average Bonchev–Trinajstić information content (AvgIpc) is 2.33. The maximum atomic E-state index is 5.88. The first kappa shape index (κ1) is 7.53. The van der Waals surface area contributed by atoms with E-state index in [0.29, 0.717) is 12.0 Å². The first-order chi connectivity index (χ1) is 5.27. The molecule has 0 aromatic carbocycles. The van der Waals surface area contributed by atoms with Crippen LogP contribution < -0.4 is 16.6 Å². The van der Waals surface area contributed by atoms with Crippen LogP contribution in [0, 0.1) is 11.8 Å². The summed E-state index contributed by atoms with van der Waals surface area (Å²) in [5.41, 5.74) is 12.2. The number of nitrogens with two attached hydrogens (primary N) is 1. The van der Waals surface area contributed by atoms with Crippen LogP contribution in [-0.4, -0.2) is 12.2 Å². The number of nitrogens with one attached hydrogen (secondary N) is 2. The zero-order chi connectivity index (χ0) is 7.84. The second kappa shape index (κ2) is 2.73. The van der Waals surface area contributed by atoms with Crippen molar-refractivity contribution in [1.82, 2.24) is 10.9 Å². The summed E-state index contributed by atoms with van der Waals surface area (Å²) in [7, 11) is 0. The van der Waals surface area contributed by atoms with Gasteiger partial charge in [0, 0.05) is 12.0 Å². The van der Waals surface area contributed by atoms with E-state index in [2.05, 4.69) is 17.8 Å². The van der Waals surface area contributed by atoms with Gasteiger partial charge in [-0.05, 0) is 25.2 Å². The third-order valence-corrected chi connectivity index (χ3v) is 3.06. The van der Waals surface area contributed by atoms with Crippen LogP contribution in [0.1, 0.15) is 26.2 Å². The first-order valence-electron chi connectivity index (χ1n) is 4.54. The lowest BCUT2D eigenvalue weighted by Crippen LogP contribution is -2.39. The molecule has 64 valence electrons. The molecule has 3 heteroatoms. The molecule has 0 aromatic rings. The molecule has 0 amide bonds.